The smallest absolute Gasteiger partial charge is 0.0703 e. The summed E-state index contributed by atoms with van der Waals surface area (Å²) in [4.78, 5) is 0. The average Bonchev–Trinajstić information content (AvgIpc) is 2.39. The first-order valence-electron chi connectivity index (χ1n) is 7.93. The van der Waals surface area contributed by atoms with Gasteiger partial charge >= 0.3 is 0 Å². The molecule has 0 spiro atoms. The summed E-state index contributed by atoms with van der Waals surface area (Å²) in [5.41, 5.74) is -0.305. The Labute approximate surface area is 107 Å². The Morgan fingerprint density at radius 3 is 2.53 bits per heavy atom. The summed E-state index contributed by atoms with van der Waals surface area (Å²) in [7, 11) is 0. The molecule has 100 valence electrons. The fourth-order valence-electron chi connectivity index (χ4n) is 4.46. The van der Waals surface area contributed by atoms with E-state index in [2.05, 4.69) is 13.8 Å². The molecular formula is C16H30O. The van der Waals surface area contributed by atoms with Gasteiger partial charge in [0.05, 0.1) is 5.60 Å². The maximum Gasteiger partial charge on any atom is 0.0703 e. The molecule has 2 aliphatic rings. The van der Waals surface area contributed by atoms with Crippen LogP contribution >= 0.6 is 0 Å². The molecule has 17 heavy (non-hydrogen) atoms. The van der Waals surface area contributed by atoms with Crippen LogP contribution in [0.4, 0.5) is 0 Å². The molecular weight excluding hydrogens is 208 g/mol. The summed E-state index contributed by atoms with van der Waals surface area (Å²) in [5.74, 6) is 2.07. The highest BCUT2D eigenvalue weighted by molar-refractivity contribution is 4.96. The van der Waals surface area contributed by atoms with Crippen LogP contribution in [0.5, 0.6) is 0 Å². The van der Waals surface area contributed by atoms with Crippen LogP contribution in [0.3, 0.4) is 0 Å². The van der Waals surface area contributed by atoms with E-state index in [1.807, 2.05) is 0 Å². The second kappa shape index (κ2) is 5.73. The Balaban J connectivity index is 2.06. The van der Waals surface area contributed by atoms with Crippen molar-refractivity contribution in [3.05, 3.63) is 0 Å². The van der Waals surface area contributed by atoms with Gasteiger partial charge in [0, 0.05) is 0 Å². The van der Waals surface area contributed by atoms with Crippen molar-refractivity contribution < 1.29 is 5.11 Å². The summed E-state index contributed by atoms with van der Waals surface area (Å²) in [6, 6.07) is 0. The summed E-state index contributed by atoms with van der Waals surface area (Å²) in [6.07, 6.45) is 12.7. The SMILES string of the molecule is CCC1CCCC(C2(O)CCCCC2CC)C1. The first-order chi connectivity index (χ1) is 8.20. The lowest BCUT2D eigenvalue weighted by atomic mass is 9.62. The molecule has 1 heteroatoms. The van der Waals surface area contributed by atoms with E-state index >= 15 is 0 Å². The Morgan fingerprint density at radius 1 is 1.00 bits per heavy atom. The number of aliphatic hydroxyl groups is 1. The molecule has 4 atom stereocenters. The molecule has 0 aromatic carbocycles. The van der Waals surface area contributed by atoms with Gasteiger partial charge in [0.15, 0.2) is 0 Å². The maximum atomic E-state index is 11.2. The predicted molar refractivity (Wildman–Crippen MR) is 72.9 cm³/mol. The van der Waals surface area contributed by atoms with E-state index < -0.39 is 0 Å². The van der Waals surface area contributed by atoms with Crippen molar-refractivity contribution in [3.8, 4) is 0 Å². The van der Waals surface area contributed by atoms with Gasteiger partial charge in [-0.15, -0.1) is 0 Å². The quantitative estimate of drug-likeness (QED) is 0.765. The minimum absolute atomic E-state index is 0.305. The normalized spacial score (nSPS) is 43.6. The highest BCUT2D eigenvalue weighted by atomic mass is 16.3. The second-order valence-electron chi connectivity index (χ2n) is 6.48. The predicted octanol–water partition coefficient (Wildman–Crippen LogP) is 4.53. The lowest BCUT2D eigenvalue weighted by molar-refractivity contribution is -0.111. The number of rotatable bonds is 3. The third-order valence-corrected chi connectivity index (χ3v) is 5.65. The van der Waals surface area contributed by atoms with Gasteiger partial charge in [-0.25, -0.2) is 0 Å². The van der Waals surface area contributed by atoms with Crippen LogP contribution in [0, 0.1) is 17.8 Å². The summed E-state index contributed by atoms with van der Waals surface area (Å²) < 4.78 is 0. The van der Waals surface area contributed by atoms with Crippen molar-refractivity contribution in [2.45, 2.75) is 83.7 Å². The molecule has 0 radical (unpaired) electrons. The third kappa shape index (κ3) is 2.70. The molecule has 0 heterocycles. The highest BCUT2D eigenvalue weighted by Crippen LogP contribution is 2.47. The van der Waals surface area contributed by atoms with Crippen molar-refractivity contribution in [1.82, 2.24) is 0 Å². The van der Waals surface area contributed by atoms with E-state index in [9.17, 15) is 5.11 Å². The molecule has 0 aromatic rings. The van der Waals surface area contributed by atoms with Crippen LogP contribution in [0.15, 0.2) is 0 Å². The fourth-order valence-corrected chi connectivity index (χ4v) is 4.46. The van der Waals surface area contributed by atoms with Crippen LogP contribution in [-0.2, 0) is 0 Å². The van der Waals surface area contributed by atoms with E-state index in [1.54, 1.807) is 0 Å². The van der Waals surface area contributed by atoms with Gasteiger partial charge < -0.3 is 5.11 Å². The van der Waals surface area contributed by atoms with Crippen LogP contribution in [0.1, 0.15) is 78.1 Å². The topological polar surface area (TPSA) is 20.2 Å². The zero-order valence-corrected chi connectivity index (χ0v) is 11.8. The Kier molecular flexibility index (Phi) is 4.52. The van der Waals surface area contributed by atoms with E-state index in [0.717, 1.165) is 12.3 Å². The molecule has 2 aliphatic carbocycles. The lowest BCUT2D eigenvalue weighted by Gasteiger charge is -2.48. The van der Waals surface area contributed by atoms with Crippen LogP contribution < -0.4 is 0 Å². The molecule has 0 bridgehead atoms. The van der Waals surface area contributed by atoms with Crippen LogP contribution in [0.25, 0.3) is 0 Å². The second-order valence-corrected chi connectivity index (χ2v) is 6.48. The van der Waals surface area contributed by atoms with Gasteiger partial charge in [-0.3, -0.25) is 0 Å². The Hall–Kier alpha value is -0.0400. The first kappa shape index (κ1) is 13.4. The van der Waals surface area contributed by atoms with Gasteiger partial charge in [0.2, 0.25) is 0 Å². The minimum atomic E-state index is -0.305. The molecule has 0 aromatic heterocycles. The summed E-state index contributed by atoms with van der Waals surface area (Å²) >= 11 is 0. The van der Waals surface area contributed by atoms with E-state index in [-0.39, 0.29) is 5.60 Å². The third-order valence-electron chi connectivity index (χ3n) is 5.65. The van der Waals surface area contributed by atoms with E-state index in [1.165, 1.54) is 57.8 Å². The van der Waals surface area contributed by atoms with Gasteiger partial charge in [-0.1, -0.05) is 52.4 Å². The highest BCUT2D eigenvalue weighted by Gasteiger charge is 2.45. The van der Waals surface area contributed by atoms with E-state index in [0.29, 0.717) is 11.8 Å². The van der Waals surface area contributed by atoms with Crippen molar-refractivity contribution >= 4 is 0 Å². The first-order valence-corrected chi connectivity index (χ1v) is 7.93. The monoisotopic (exact) mass is 238 g/mol. The molecule has 0 amide bonds. The largest absolute Gasteiger partial charge is 0.389 e. The molecule has 0 saturated heterocycles. The summed E-state index contributed by atoms with van der Waals surface area (Å²) in [5, 5.41) is 11.2. The Bertz CT molecular complexity index is 238. The van der Waals surface area contributed by atoms with Crippen LogP contribution in [0.2, 0.25) is 0 Å². The van der Waals surface area contributed by atoms with Gasteiger partial charge in [-0.2, -0.15) is 0 Å². The van der Waals surface area contributed by atoms with Crippen molar-refractivity contribution in [2.24, 2.45) is 17.8 Å². The number of hydrogen-bond donors (Lipinski definition) is 1. The molecule has 4 unspecified atom stereocenters. The molecule has 1 N–H and O–H groups in total. The van der Waals surface area contributed by atoms with Crippen molar-refractivity contribution in [2.75, 3.05) is 0 Å². The number of hydrogen-bond acceptors (Lipinski definition) is 1. The Morgan fingerprint density at radius 2 is 1.82 bits per heavy atom. The fraction of sp³-hybridized carbons (Fsp3) is 1.00. The molecule has 1 nitrogen and oxygen atoms in total. The minimum Gasteiger partial charge on any atom is -0.389 e. The van der Waals surface area contributed by atoms with Crippen LogP contribution in [-0.4, -0.2) is 10.7 Å². The maximum absolute atomic E-state index is 11.2. The van der Waals surface area contributed by atoms with Crippen molar-refractivity contribution in [3.63, 3.8) is 0 Å². The zero-order chi connectivity index (χ0) is 12.3. The lowest BCUT2D eigenvalue weighted by Crippen LogP contribution is -2.48. The van der Waals surface area contributed by atoms with Gasteiger partial charge in [0.25, 0.3) is 0 Å². The standard InChI is InChI=1S/C16H30O/c1-3-13-8-7-10-15(12-13)16(17)11-6-5-9-14(16)4-2/h13-15,17H,3-12H2,1-2H3. The molecule has 2 saturated carbocycles. The van der Waals surface area contributed by atoms with E-state index in [4.69, 9.17) is 0 Å². The van der Waals surface area contributed by atoms with Crippen molar-refractivity contribution in [1.29, 1.82) is 0 Å². The molecule has 0 aliphatic heterocycles. The zero-order valence-electron chi connectivity index (χ0n) is 11.8. The average molecular weight is 238 g/mol. The molecule has 2 rings (SSSR count). The summed E-state index contributed by atoms with van der Waals surface area (Å²) in [6.45, 7) is 4.58. The van der Waals surface area contributed by atoms with Gasteiger partial charge in [-0.05, 0) is 43.4 Å². The van der Waals surface area contributed by atoms with Gasteiger partial charge in [0.1, 0.15) is 0 Å². The molecule has 2 fully saturated rings.